The highest BCUT2D eigenvalue weighted by molar-refractivity contribution is 5.66. The summed E-state index contributed by atoms with van der Waals surface area (Å²) in [7, 11) is 0. The fourth-order valence-electron chi connectivity index (χ4n) is 11.8. The first-order valence-electron chi connectivity index (χ1n) is 14.9. The van der Waals surface area contributed by atoms with E-state index in [1.165, 1.54) is 58.3 Å². The van der Waals surface area contributed by atoms with Crippen molar-refractivity contribution >= 4 is 5.97 Å². The number of aliphatic hydroxyl groups is 1. The number of fused-ring (bicyclic) bond motifs is 7. The predicted octanol–water partition coefficient (Wildman–Crippen LogP) is 7.79. The van der Waals surface area contributed by atoms with Crippen molar-refractivity contribution in [2.24, 2.45) is 56.2 Å². The van der Waals surface area contributed by atoms with Gasteiger partial charge in [0, 0.05) is 13.3 Å². The molecule has 200 valence electrons. The first-order chi connectivity index (χ1) is 16.0. The van der Waals surface area contributed by atoms with E-state index in [0.29, 0.717) is 34.0 Å². The van der Waals surface area contributed by atoms with Gasteiger partial charge in [0.05, 0.1) is 6.10 Å². The van der Waals surface area contributed by atoms with Crippen LogP contribution >= 0.6 is 0 Å². The highest BCUT2D eigenvalue weighted by atomic mass is 16.5. The van der Waals surface area contributed by atoms with Crippen molar-refractivity contribution in [2.75, 3.05) is 0 Å². The molecule has 0 spiro atoms. The number of aliphatic hydroxyl groups excluding tert-OH is 1. The Balaban J connectivity index is 1.52. The first kappa shape index (κ1) is 26.1. The summed E-state index contributed by atoms with van der Waals surface area (Å²) in [6.45, 7) is 21.8. The van der Waals surface area contributed by atoms with Crippen LogP contribution in [0.15, 0.2) is 0 Å². The summed E-state index contributed by atoms with van der Waals surface area (Å²) in [5, 5.41) is 11.7. The van der Waals surface area contributed by atoms with Crippen molar-refractivity contribution in [2.45, 2.75) is 139 Å². The zero-order valence-corrected chi connectivity index (χ0v) is 24.3. The summed E-state index contributed by atoms with van der Waals surface area (Å²) in [5.41, 5.74) is 1.82. The molecule has 0 aromatic heterocycles. The topological polar surface area (TPSA) is 46.5 Å². The van der Waals surface area contributed by atoms with Crippen molar-refractivity contribution in [3.8, 4) is 0 Å². The second kappa shape index (κ2) is 7.73. The Hall–Kier alpha value is -0.570. The lowest BCUT2D eigenvalue weighted by Gasteiger charge is -2.75. The Bertz CT molecular complexity index is 880. The van der Waals surface area contributed by atoms with Gasteiger partial charge in [-0.15, -0.1) is 0 Å². The van der Waals surface area contributed by atoms with Crippen molar-refractivity contribution in [1.82, 2.24) is 0 Å². The van der Waals surface area contributed by atoms with Gasteiger partial charge in [0.15, 0.2) is 0 Å². The summed E-state index contributed by atoms with van der Waals surface area (Å²) < 4.78 is 5.77. The van der Waals surface area contributed by atoms with Gasteiger partial charge < -0.3 is 9.84 Å². The largest absolute Gasteiger partial charge is 0.462 e. The predicted molar refractivity (Wildman–Crippen MR) is 142 cm³/mol. The highest BCUT2D eigenvalue weighted by Gasteiger charge is 2.72. The van der Waals surface area contributed by atoms with E-state index in [1.807, 2.05) is 0 Å². The molecular weight excluding hydrogens is 432 g/mol. The first-order valence-corrected chi connectivity index (χ1v) is 14.9. The minimum atomic E-state index is -0.385. The van der Waals surface area contributed by atoms with E-state index in [9.17, 15) is 9.90 Å². The Morgan fingerprint density at radius 3 is 2.06 bits per heavy atom. The van der Waals surface area contributed by atoms with Gasteiger partial charge in [-0.3, -0.25) is 4.79 Å². The summed E-state index contributed by atoms with van der Waals surface area (Å²) in [6, 6.07) is 0. The summed E-state index contributed by atoms with van der Waals surface area (Å²) in [4.78, 5) is 11.8. The van der Waals surface area contributed by atoms with Crippen molar-refractivity contribution in [3.63, 3.8) is 0 Å². The molecule has 5 aliphatic carbocycles. The summed E-state index contributed by atoms with van der Waals surface area (Å²) >= 11 is 0. The molecule has 5 fully saturated rings. The molecule has 5 aliphatic rings. The van der Waals surface area contributed by atoms with E-state index in [1.54, 1.807) is 0 Å². The molecule has 0 saturated heterocycles. The van der Waals surface area contributed by atoms with Crippen molar-refractivity contribution in [3.05, 3.63) is 0 Å². The van der Waals surface area contributed by atoms with Crippen LogP contribution in [-0.2, 0) is 9.53 Å². The summed E-state index contributed by atoms with van der Waals surface area (Å²) in [6.07, 6.45) is 11.9. The SMILES string of the molecule is CC(=O)OC1CC(O)C2C(C)(CCC3C2(C)CCC2(C)C4CC(C)(C)CCC4(C)CCC32C)C1C. The monoisotopic (exact) mass is 486 g/mol. The van der Waals surface area contributed by atoms with Crippen LogP contribution in [0.4, 0.5) is 0 Å². The molecule has 0 aromatic carbocycles. The molecule has 3 heteroatoms. The normalized spacial score (nSPS) is 57.2. The van der Waals surface area contributed by atoms with Gasteiger partial charge in [-0.05, 0) is 114 Å². The zero-order valence-electron chi connectivity index (χ0n) is 24.3. The van der Waals surface area contributed by atoms with Gasteiger partial charge in [0.2, 0.25) is 0 Å². The van der Waals surface area contributed by atoms with Crippen LogP contribution in [0.1, 0.15) is 127 Å². The Labute approximate surface area is 215 Å². The molecule has 0 radical (unpaired) electrons. The third-order valence-corrected chi connectivity index (χ3v) is 14.2. The van der Waals surface area contributed by atoms with Gasteiger partial charge in [0.25, 0.3) is 0 Å². The van der Waals surface area contributed by atoms with Gasteiger partial charge in [-0.1, -0.05) is 55.4 Å². The molecule has 11 atom stereocenters. The van der Waals surface area contributed by atoms with E-state index < -0.39 is 0 Å². The number of esters is 1. The minimum absolute atomic E-state index is 0.0170. The number of rotatable bonds is 1. The number of carbonyl (C=O) groups excluding carboxylic acids is 1. The maximum atomic E-state index is 11.8. The molecule has 0 amide bonds. The molecule has 0 heterocycles. The maximum Gasteiger partial charge on any atom is 0.302 e. The van der Waals surface area contributed by atoms with Gasteiger partial charge in [-0.2, -0.15) is 0 Å². The number of hydrogen-bond donors (Lipinski definition) is 1. The van der Waals surface area contributed by atoms with E-state index >= 15 is 0 Å². The van der Waals surface area contributed by atoms with Gasteiger partial charge in [0.1, 0.15) is 6.10 Å². The third kappa shape index (κ3) is 3.41. The second-order valence-electron chi connectivity index (χ2n) is 16.2. The van der Waals surface area contributed by atoms with Crippen LogP contribution < -0.4 is 0 Å². The third-order valence-electron chi connectivity index (χ3n) is 14.2. The Morgan fingerprint density at radius 1 is 0.800 bits per heavy atom. The molecule has 0 bridgehead atoms. The van der Waals surface area contributed by atoms with Crippen LogP contribution in [0.2, 0.25) is 0 Å². The highest BCUT2D eigenvalue weighted by Crippen LogP contribution is 2.78. The average molecular weight is 487 g/mol. The fourth-order valence-corrected chi connectivity index (χ4v) is 11.8. The van der Waals surface area contributed by atoms with E-state index in [2.05, 4.69) is 55.4 Å². The molecule has 35 heavy (non-hydrogen) atoms. The van der Waals surface area contributed by atoms with E-state index in [0.717, 1.165) is 12.3 Å². The van der Waals surface area contributed by atoms with Crippen LogP contribution in [0.5, 0.6) is 0 Å². The van der Waals surface area contributed by atoms with Crippen LogP contribution in [0.25, 0.3) is 0 Å². The molecule has 5 saturated carbocycles. The van der Waals surface area contributed by atoms with Crippen LogP contribution in [0, 0.1) is 56.2 Å². The van der Waals surface area contributed by atoms with Crippen molar-refractivity contribution in [1.29, 1.82) is 0 Å². The minimum Gasteiger partial charge on any atom is -0.462 e. The van der Waals surface area contributed by atoms with Crippen molar-refractivity contribution < 1.29 is 14.6 Å². The molecule has 3 nitrogen and oxygen atoms in total. The molecule has 11 unspecified atom stereocenters. The van der Waals surface area contributed by atoms with Crippen LogP contribution in [0.3, 0.4) is 0 Å². The Kier molecular flexibility index (Phi) is 5.76. The van der Waals surface area contributed by atoms with Gasteiger partial charge in [-0.25, -0.2) is 0 Å². The van der Waals surface area contributed by atoms with E-state index in [-0.39, 0.29) is 40.8 Å². The molecule has 0 aromatic rings. The van der Waals surface area contributed by atoms with Gasteiger partial charge >= 0.3 is 5.97 Å². The molecule has 1 N–H and O–H groups in total. The molecule has 0 aliphatic heterocycles. The maximum absolute atomic E-state index is 11.8. The quantitative estimate of drug-likeness (QED) is 0.385. The molecular formula is C32H54O3. The smallest absolute Gasteiger partial charge is 0.302 e. The Morgan fingerprint density at radius 2 is 1.40 bits per heavy atom. The lowest BCUT2D eigenvalue weighted by Crippen LogP contribution is -2.69. The number of ether oxygens (including phenoxy) is 1. The second-order valence-corrected chi connectivity index (χ2v) is 16.2. The van der Waals surface area contributed by atoms with E-state index in [4.69, 9.17) is 4.74 Å². The van der Waals surface area contributed by atoms with Crippen LogP contribution in [-0.4, -0.2) is 23.3 Å². The number of carbonyl (C=O) groups is 1. The number of hydrogen-bond acceptors (Lipinski definition) is 3. The molecule has 5 rings (SSSR count). The zero-order chi connectivity index (χ0) is 25.8. The lowest BCUT2D eigenvalue weighted by atomic mass is 9.30. The fraction of sp³-hybridized carbons (Fsp3) is 0.969. The summed E-state index contributed by atoms with van der Waals surface area (Å²) in [5.74, 6) is 1.82. The lowest BCUT2D eigenvalue weighted by molar-refractivity contribution is -0.279. The average Bonchev–Trinajstić information content (AvgIpc) is 2.74. The standard InChI is InChI=1S/C32H54O3/c1-20-23(35-21(2)33)18-22(34)26-29(20,6)11-10-24-30(26,7)15-17-32(9)25-19-27(3,4)12-13-28(25,5)14-16-31(24,32)8/h20,22-26,34H,10-19H2,1-9H3.